The largest absolute Gasteiger partial charge is 0.300 e. The minimum atomic E-state index is -3.37. The average Bonchev–Trinajstić information content (AvgIpc) is 3.14. The van der Waals surface area contributed by atoms with Crippen LogP contribution in [0.3, 0.4) is 0 Å². The van der Waals surface area contributed by atoms with Crippen LogP contribution in [-0.2, 0) is 20.6 Å². The lowest BCUT2D eigenvalue weighted by Crippen LogP contribution is -2.41. The van der Waals surface area contributed by atoms with E-state index in [1.807, 2.05) is 30.3 Å². The third-order valence-corrected chi connectivity index (χ3v) is 8.50. The highest BCUT2D eigenvalue weighted by Crippen LogP contribution is 2.27. The smallest absolute Gasteiger partial charge is 0.229 e. The molecule has 2 aromatic rings. The molecule has 152 valence electrons. The number of anilines is 1. The number of amides is 1. The molecule has 1 aliphatic rings. The summed E-state index contributed by atoms with van der Waals surface area (Å²) < 4.78 is 27.6. The van der Waals surface area contributed by atoms with Gasteiger partial charge < -0.3 is 5.32 Å². The van der Waals surface area contributed by atoms with Gasteiger partial charge in [-0.3, -0.25) is 4.79 Å². The van der Waals surface area contributed by atoms with Gasteiger partial charge in [-0.2, -0.15) is 0 Å². The van der Waals surface area contributed by atoms with E-state index in [1.54, 1.807) is 11.8 Å². The SMILES string of the molecule is CCCSc1nnc(NC(=O)C2CCN(S(=O)(=O)Cc3ccccc3)CC2)s1. The van der Waals surface area contributed by atoms with Crippen molar-refractivity contribution in [1.82, 2.24) is 14.5 Å². The number of aromatic nitrogens is 2. The Balaban J connectivity index is 1.50. The van der Waals surface area contributed by atoms with Crippen molar-refractivity contribution >= 4 is 44.2 Å². The molecular weight excluding hydrogens is 416 g/mol. The zero-order chi connectivity index (χ0) is 20.0. The van der Waals surface area contributed by atoms with E-state index >= 15 is 0 Å². The van der Waals surface area contributed by atoms with Gasteiger partial charge in [-0.1, -0.05) is 60.4 Å². The molecule has 0 radical (unpaired) electrons. The Labute approximate surface area is 174 Å². The van der Waals surface area contributed by atoms with Crippen LogP contribution in [0.1, 0.15) is 31.7 Å². The number of carbonyl (C=O) groups excluding carboxylic acids is 1. The van der Waals surface area contributed by atoms with Crippen molar-refractivity contribution in [2.45, 2.75) is 36.3 Å². The van der Waals surface area contributed by atoms with E-state index in [0.29, 0.717) is 31.1 Å². The third-order valence-electron chi connectivity index (χ3n) is 4.48. The zero-order valence-electron chi connectivity index (χ0n) is 15.7. The highest BCUT2D eigenvalue weighted by molar-refractivity contribution is 8.01. The van der Waals surface area contributed by atoms with E-state index in [9.17, 15) is 13.2 Å². The lowest BCUT2D eigenvalue weighted by atomic mass is 9.97. The molecule has 28 heavy (non-hydrogen) atoms. The van der Waals surface area contributed by atoms with Gasteiger partial charge in [-0.25, -0.2) is 12.7 Å². The van der Waals surface area contributed by atoms with Crippen molar-refractivity contribution < 1.29 is 13.2 Å². The van der Waals surface area contributed by atoms with Crippen LogP contribution in [0.5, 0.6) is 0 Å². The Morgan fingerprint density at radius 2 is 1.96 bits per heavy atom. The molecule has 10 heteroatoms. The van der Waals surface area contributed by atoms with Gasteiger partial charge in [0, 0.05) is 24.8 Å². The van der Waals surface area contributed by atoms with Gasteiger partial charge in [-0.05, 0) is 24.8 Å². The molecule has 1 aromatic carbocycles. The maximum absolute atomic E-state index is 12.6. The molecule has 7 nitrogen and oxygen atoms in total. The first-order valence-electron chi connectivity index (χ1n) is 9.27. The molecule has 1 fully saturated rings. The minimum Gasteiger partial charge on any atom is -0.300 e. The Bertz CT molecular complexity index is 878. The highest BCUT2D eigenvalue weighted by Gasteiger charge is 2.31. The number of benzene rings is 1. The van der Waals surface area contributed by atoms with E-state index in [1.165, 1.54) is 15.6 Å². The van der Waals surface area contributed by atoms with Crippen LogP contribution in [0.25, 0.3) is 0 Å². The first kappa shape index (κ1) is 21.2. The van der Waals surface area contributed by atoms with E-state index in [-0.39, 0.29) is 17.6 Å². The summed E-state index contributed by atoms with van der Waals surface area (Å²) in [5, 5.41) is 11.4. The second kappa shape index (κ2) is 9.82. The first-order valence-corrected chi connectivity index (χ1v) is 12.7. The first-order chi connectivity index (χ1) is 13.5. The van der Waals surface area contributed by atoms with Crippen LogP contribution in [0.15, 0.2) is 34.7 Å². The summed E-state index contributed by atoms with van der Waals surface area (Å²) in [7, 11) is -3.37. The van der Waals surface area contributed by atoms with Gasteiger partial charge in [-0.15, -0.1) is 10.2 Å². The molecule has 1 saturated heterocycles. The number of sulfonamides is 1. The molecule has 0 aliphatic carbocycles. The van der Waals surface area contributed by atoms with Crippen LogP contribution in [0, 0.1) is 5.92 Å². The fraction of sp³-hybridized carbons (Fsp3) is 0.500. The van der Waals surface area contributed by atoms with Crippen molar-refractivity contribution in [2.75, 3.05) is 24.2 Å². The number of hydrogen-bond acceptors (Lipinski definition) is 7. The maximum Gasteiger partial charge on any atom is 0.229 e. The minimum absolute atomic E-state index is 0.00626. The molecule has 1 N–H and O–H groups in total. The second-order valence-electron chi connectivity index (χ2n) is 6.63. The van der Waals surface area contributed by atoms with Gasteiger partial charge in [0.2, 0.25) is 21.1 Å². The fourth-order valence-corrected chi connectivity index (χ4v) is 6.23. The number of carbonyl (C=O) groups is 1. The summed E-state index contributed by atoms with van der Waals surface area (Å²) in [6.45, 7) is 2.82. The predicted molar refractivity (Wildman–Crippen MR) is 113 cm³/mol. The second-order valence-corrected chi connectivity index (χ2v) is 10.9. The van der Waals surface area contributed by atoms with Crippen LogP contribution < -0.4 is 5.32 Å². The van der Waals surface area contributed by atoms with Gasteiger partial charge in [0.1, 0.15) is 0 Å². The fourth-order valence-electron chi connectivity index (χ4n) is 2.99. The molecule has 3 rings (SSSR count). The van der Waals surface area contributed by atoms with Crippen molar-refractivity contribution in [2.24, 2.45) is 5.92 Å². The number of nitrogens with zero attached hydrogens (tertiary/aromatic N) is 3. The average molecular weight is 441 g/mol. The Morgan fingerprint density at radius 1 is 1.25 bits per heavy atom. The molecule has 0 spiro atoms. The summed E-state index contributed by atoms with van der Waals surface area (Å²) in [4.78, 5) is 12.5. The van der Waals surface area contributed by atoms with Crippen molar-refractivity contribution in [1.29, 1.82) is 0 Å². The van der Waals surface area contributed by atoms with Crippen LogP contribution >= 0.6 is 23.1 Å². The summed E-state index contributed by atoms with van der Waals surface area (Å²) in [5.74, 6) is 0.647. The summed E-state index contributed by atoms with van der Waals surface area (Å²) >= 11 is 3.00. The highest BCUT2D eigenvalue weighted by atomic mass is 32.2. The molecular formula is C18H24N4O3S3. The van der Waals surface area contributed by atoms with Gasteiger partial charge in [0.15, 0.2) is 4.34 Å². The van der Waals surface area contributed by atoms with Crippen molar-refractivity contribution in [3.05, 3.63) is 35.9 Å². The van der Waals surface area contributed by atoms with Crippen LogP contribution in [0.4, 0.5) is 5.13 Å². The topological polar surface area (TPSA) is 92.3 Å². The molecule has 1 amide bonds. The summed E-state index contributed by atoms with van der Waals surface area (Å²) in [6, 6.07) is 9.16. The van der Waals surface area contributed by atoms with E-state index in [4.69, 9.17) is 0 Å². The van der Waals surface area contributed by atoms with E-state index < -0.39 is 10.0 Å². The Kier molecular flexibility index (Phi) is 7.44. The Hall–Kier alpha value is -1.49. The quantitative estimate of drug-likeness (QED) is 0.500. The molecule has 0 atom stereocenters. The maximum atomic E-state index is 12.6. The molecule has 0 unspecified atom stereocenters. The van der Waals surface area contributed by atoms with Crippen molar-refractivity contribution in [3.8, 4) is 0 Å². The van der Waals surface area contributed by atoms with E-state index in [2.05, 4.69) is 22.4 Å². The Morgan fingerprint density at radius 3 is 2.64 bits per heavy atom. The number of piperidine rings is 1. The predicted octanol–water partition coefficient (Wildman–Crippen LogP) is 3.22. The number of rotatable bonds is 8. The van der Waals surface area contributed by atoms with Crippen LogP contribution in [0.2, 0.25) is 0 Å². The standard InChI is InChI=1S/C18H24N4O3S3/c1-2-12-26-18-21-20-17(27-18)19-16(23)15-8-10-22(11-9-15)28(24,25)13-14-6-4-3-5-7-14/h3-7,15H,2,8-13H2,1H3,(H,19,20,23). The molecule has 2 heterocycles. The number of hydrogen-bond donors (Lipinski definition) is 1. The number of thioether (sulfide) groups is 1. The van der Waals surface area contributed by atoms with E-state index in [0.717, 1.165) is 22.1 Å². The monoisotopic (exact) mass is 440 g/mol. The van der Waals surface area contributed by atoms with Gasteiger partial charge in [0.05, 0.1) is 5.75 Å². The molecule has 0 bridgehead atoms. The zero-order valence-corrected chi connectivity index (χ0v) is 18.2. The lowest BCUT2D eigenvalue weighted by Gasteiger charge is -2.30. The van der Waals surface area contributed by atoms with Crippen LogP contribution in [-0.4, -0.2) is 47.7 Å². The molecule has 1 aliphatic heterocycles. The molecule has 0 saturated carbocycles. The lowest BCUT2D eigenvalue weighted by molar-refractivity contribution is -0.120. The number of nitrogens with one attached hydrogen (secondary N) is 1. The third kappa shape index (κ3) is 5.76. The van der Waals surface area contributed by atoms with Crippen molar-refractivity contribution in [3.63, 3.8) is 0 Å². The van der Waals surface area contributed by atoms with Gasteiger partial charge in [0.25, 0.3) is 0 Å². The van der Waals surface area contributed by atoms with Gasteiger partial charge >= 0.3 is 0 Å². The normalized spacial score (nSPS) is 16.2. The summed E-state index contributed by atoms with van der Waals surface area (Å²) in [5.41, 5.74) is 0.774. The molecule has 1 aromatic heterocycles. The summed E-state index contributed by atoms with van der Waals surface area (Å²) in [6.07, 6.45) is 2.07.